The summed E-state index contributed by atoms with van der Waals surface area (Å²) in [4.78, 5) is 10.6. The number of ether oxygens (including phenoxy) is 1. The first-order valence-electron chi connectivity index (χ1n) is 10.3. The molecule has 0 bridgehead atoms. The predicted molar refractivity (Wildman–Crippen MR) is 115 cm³/mol. The Labute approximate surface area is 174 Å². The van der Waals surface area contributed by atoms with Gasteiger partial charge in [-0.1, -0.05) is 29.5 Å². The number of nitrogens with zero attached hydrogens (tertiary/aromatic N) is 2. The molecule has 5 nitrogen and oxygen atoms in total. The number of para-hydroxylation sites is 1. The third-order valence-corrected chi connectivity index (χ3v) is 6.78. The monoisotopic (exact) mass is 414 g/mol. The van der Waals surface area contributed by atoms with E-state index in [9.17, 15) is 4.39 Å². The summed E-state index contributed by atoms with van der Waals surface area (Å²) in [7, 11) is 0. The van der Waals surface area contributed by atoms with Crippen molar-refractivity contribution >= 4 is 22.2 Å². The lowest BCUT2D eigenvalue weighted by molar-refractivity contribution is 0.0667. The fourth-order valence-corrected chi connectivity index (χ4v) is 5.38. The molecule has 1 fully saturated rings. The number of aromatic nitrogens is 2. The number of alkyl halides is 1. The van der Waals surface area contributed by atoms with E-state index in [1.54, 1.807) is 25.2 Å². The van der Waals surface area contributed by atoms with Gasteiger partial charge in [-0.3, -0.25) is 4.90 Å². The minimum absolute atomic E-state index is 0.0990. The molecule has 0 aliphatic carbocycles. The van der Waals surface area contributed by atoms with Crippen LogP contribution in [0.4, 0.5) is 4.39 Å². The van der Waals surface area contributed by atoms with Gasteiger partial charge in [-0.15, -0.1) is 0 Å². The summed E-state index contributed by atoms with van der Waals surface area (Å²) in [5.74, 6) is 0. The zero-order valence-corrected chi connectivity index (χ0v) is 17.9. The first-order chi connectivity index (χ1) is 13.9. The second kappa shape index (κ2) is 7.07. The smallest absolute Gasteiger partial charge is 0.194 e. The molecule has 0 unspecified atom stereocenters. The molecule has 2 aliphatic rings. The molecule has 4 heterocycles. The van der Waals surface area contributed by atoms with Crippen LogP contribution in [0.3, 0.4) is 0 Å². The molecule has 2 aromatic heterocycles. The lowest BCUT2D eigenvalue weighted by Crippen LogP contribution is -2.50. The van der Waals surface area contributed by atoms with Crippen LogP contribution in [0.25, 0.3) is 10.9 Å². The van der Waals surface area contributed by atoms with Crippen LogP contribution in [0.2, 0.25) is 0 Å². The van der Waals surface area contributed by atoms with Gasteiger partial charge >= 0.3 is 0 Å². The maximum Gasteiger partial charge on any atom is 0.194 e. The van der Waals surface area contributed by atoms with E-state index in [4.69, 9.17) is 9.72 Å². The van der Waals surface area contributed by atoms with Gasteiger partial charge in [0.05, 0.1) is 6.20 Å². The van der Waals surface area contributed by atoms with Crippen molar-refractivity contribution in [2.45, 2.75) is 51.0 Å². The lowest BCUT2D eigenvalue weighted by Gasteiger charge is -2.41. The minimum Gasteiger partial charge on any atom is -0.477 e. The van der Waals surface area contributed by atoms with Crippen LogP contribution in [0.5, 0.6) is 5.06 Å². The third kappa shape index (κ3) is 3.56. The zero-order chi connectivity index (χ0) is 20.2. The largest absolute Gasteiger partial charge is 0.477 e. The highest BCUT2D eigenvalue weighted by atomic mass is 32.1. The number of benzene rings is 1. The van der Waals surface area contributed by atoms with Gasteiger partial charge in [0.15, 0.2) is 5.06 Å². The van der Waals surface area contributed by atoms with Crippen molar-refractivity contribution in [2.75, 3.05) is 19.6 Å². The van der Waals surface area contributed by atoms with Crippen LogP contribution in [-0.2, 0) is 6.42 Å². The molecule has 2 atom stereocenters. The maximum atomic E-state index is 14.7. The van der Waals surface area contributed by atoms with Crippen molar-refractivity contribution in [1.82, 2.24) is 20.2 Å². The van der Waals surface area contributed by atoms with Crippen molar-refractivity contribution in [3.8, 4) is 5.06 Å². The van der Waals surface area contributed by atoms with Gasteiger partial charge < -0.3 is 15.0 Å². The van der Waals surface area contributed by atoms with Crippen molar-refractivity contribution in [1.29, 1.82) is 0 Å². The summed E-state index contributed by atoms with van der Waals surface area (Å²) in [6.07, 6.45) is 2.94. The number of fused-ring (bicyclic) bond motifs is 3. The Bertz CT molecular complexity index is 1020. The molecule has 154 valence electrons. The molecule has 5 rings (SSSR count). The summed E-state index contributed by atoms with van der Waals surface area (Å²) in [5, 5.41) is 6.27. The summed E-state index contributed by atoms with van der Waals surface area (Å²) >= 11 is 1.58. The van der Waals surface area contributed by atoms with Gasteiger partial charge in [0.1, 0.15) is 22.8 Å². The van der Waals surface area contributed by atoms with Crippen LogP contribution < -0.4 is 10.1 Å². The Morgan fingerprint density at radius 3 is 2.83 bits per heavy atom. The Morgan fingerprint density at radius 1 is 1.31 bits per heavy atom. The molecule has 1 saturated heterocycles. The fourth-order valence-electron chi connectivity index (χ4n) is 4.42. The van der Waals surface area contributed by atoms with Crippen molar-refractivity contribution in [3.05, 3.63) is 46.7 Å². The number of nitrogens with one attached hydrogen (secondary N) is 2. The van der Waals surface area contributed by atoms with Gasteiger partial charge in [-0.2, -0.15) is 0 Å². The molecule has 1 aromatic carbocycles. The number of hydrogen-bond donors (Lipinski definition) is 2. The molecule has 0 amide bonds. The van der Waals surface area contributed by atoms with Crippen LogP contribution >= 0.6 is 11.3 Å². The van der Waals surface area contributed by atoms with E-state index in [0.29, 0.717) is 6.54 Å². The second-order valence-corrected chi connectivity index (χ2v) is 9.85. The topological polar surface area (TPSA) is 53.2 Å². The van der Waals surface area contributed by atoms with E-state index in [1.165, 1.54) is 10.9 Å². The van der Waals surface area contributed by atoms with Crippen molar-refractivity contribution < 1.29 is 9.13 Å². The minimum atomic E-state index is -1.29. The highest BCUT2D eigenvalue weighted by Crippen LogP contribution is 2.43. The van der Waals surface area contributed by atoms with Crippen LogP contribution in [0.15, 0.2) is 30.5 Å². The van der Waals surface area contributed by atoms with Crippen LogP contribution in [-0.4, -0.2) is 52.3 Å². The number of halogens is 1. The highest BCUT2D eigenvalue weighted by molar-refractivity contribution is 7.13. The Morgan fingerprint density at radius 2 is 2.10 bits per heavy atom. The average Bonchev–Trinajstić information content (AvgIpc) is 3.22. The standard InChI is InChI=1S/C22H27FN4OS/c1-13-8-16-15-6-4-5-7-17(15)26-19(16)20(27(13)12-22(2,3)23)21-25-11-18(29-21)28-14-9-24-10-14/h4-7,11,13-14,20,24,26H,8-10,12H2,1-3H3/t13-,20+/m1/s1. The Kier molecular flexibility index (Phi) is 4.64. The normalized spacial score (nSPS) is 23.2. The fraction of sp³-hybridized carbons (Fsp3) is 0.500. The molecule has 29 heavy (non-hydrogen) atoms. The molecule has 0 spiro atoms. The van der Waals surface area contributed by atoms with E-state index < -0.39 is 5.67 Å². The van der Waals surface area contributed by atoms with Crippen LogP contribution in [0, 0.1) is 0 Å². The van der Waals surface area contributed by atoms with Gasteiger partial charge in [0, 0.05) is 42.3 Å². The average molecular weight is 415 g/mol. The zero-order valence-electron chi connectivity index (χ0n) is 17.0. The predicted octanol–water partition coefficient (Wildman–Crippen LogP) is 4.06. The SMILES string of the molecule is C[C@@H]1Cc2c([nH]c3ccccc23)[C@@H](c2ncc(OC3CNC3)s2)N1CC(C)(C)F. The quantitative estimate of drug-likeness (QED) is 0.661. The van der Waals surface area contributed by atoms with Gasteiger partial charge in [-0.25, -0.2) is 9.37 Å². The van der Waals surface area contributed by atoms with E-state index in [2.05, 4.69) is 40.3 Å². The highest BCUT2D eigenvalue weighted by Gasteiger charge is 2.40. The Balaban J connectivity index is 1.58. The van der Waals surface area contributed by atoms with Gasteiger partial charge in [-0.05, 0) is 38.8 Å². The molecule has 3 aromatic rings. The summed E-state index contributed by atoms with van der Waals surface area (Å²) in [6.45, 7) is 7.60. The van der Waals surface area contributed by atoms with E-state index in [1.807, 2.05) is 12.3 Å². The molecular formula is C22H27FN4OS. The first kappa shape index (κ1) is 19.0. The van der Waals surface area contributed by atoms with Gasteiger partial charge in [0.25, 0.3) is 0 Å². The van der Waals surface area contributed by atoms with Crippen molar-refractivity contribution in [2.24, 2.45) is 0 Å². The number of H-pyrrole nitrogens is 1. The van der Waals surface area contributed by atoms with E-state index >= 15 is 0 Å². The maximum absolute atomic E-state index is 14.7. The summed E-state index contributed by atoms with van der Waals surface area (Å²) < 4.78 is 20.8. The number of hydrogen-bond acceptors (Lipinski definition) is 5. The Hall–Kier alpha value is -1.96. The number of aromatic amines is 1. The van der Waals surface area contributed by atoms with E-state index in [0.717, 1.165) is 40.8 Å². The summed E-state index contributed by atoms with van der Waals surface area (Å²) in [6, 6.07) is 8.52. The van der Waals surface area contributed by atoms with Crippen LogP contribution in [0.1, 0.15) is 43.1 Å². The van der Waals surface area contributed by atoms with Gasteiger partial charge in [0.2, 0.25) is 0 Å². The van der Waals surface area contributed by atoms with E-state index in [-0.39, 0.29) is 18.2 Å². The third-order valence-electron chi connectivity index (χ3n) is 5.84. The molecular weight excluding hydrogens is 387 g/mol. The number of rotatable bonds is 5. The first-order valence-corrected chi connectivity index (χ1v) is 11.1. The molecule has 0 saturated carbocycles. The summed E-state index contributed by atoms with van der Waals surface area (Å²) in [5.41, 5.74) is 2.31. The molecule has 7 heteroatoms. The molecule has 2 N–H and O–H groups in total. The second-order valence-electron chi connectivity index (χ2n) is 8.83. The molecule has 0 radical (unpaired) electrons. The number of thiazole rings is 1. The lowest BCUT2D eigenvalue weighted by atomic mass is 9.91. The molecule has 2 aliphatic heterocycles. The van der Waals surface area contributed by atoms with Crippen molar-refractivity contribution in [3.63, 3.8) is 0 Å².